The Hall–Kier alpha value is -2.83. The summed E-state index contributed by atoms with van der Waals surface area (Å²) >= 11 is 0. The zero-order chi connectivity index (χ0) is 14.7. The van der Waals surface area contributed by atoms with E-state index in [-0.39, 0.29) is 11.3 Å². The third kappa shape index (κ3) is 2.77. The lowest BCUT2D eigenvalue weighted by molar-refractivity contribution is -0.384. The molecule has 1 heterocycles. The Morgan fingerprint density at radius 1 is 1.40 bits per heavy atom. The predicted octanol–water partition coefficient (Wildman–Crippen LogP) is 2.69. The van der Waals surface area contributed by atoms with Crippen LogP contribution in [0.25, 0.3) is 0 Å². The average molecular weight is 275 g/mol. The fraction of sp³-hybridized carbons (Fsp3) is 0.0769. The van der Waals surface area contributed by atoms with Gasteiger partial charge in [-0.25, -0.2) is 4.39 Å². The Kier molecular flexibility index (Phi) is 3.69. The lowest BCUT2D eigenvalue weighted by Gasteiger charge is -2.08. The van der Waals surface area contributed by atoms with Crippen molar-refractivity contribution < 1.29 is 14.1 Å². The Labute approximate surface area is 113 Å². The zero-order valence-corrected chi connectivity index (χ0v) is 10.5. The number of carbonyl (C=O) groups is 1. The fourth-order valence-electron chi connectivity index (χ4n) is 1.60. The maximum Gasteiger partial charge on any atom is 0.270 e. The van der Waals surface area contributed by atoms with E-state index >= 15 is 0 Å². The number of amides is 1. The minimum Gasteiger partial charge on any atom is -0.322 e. The van der Waals surface area contributed by atoms with Gasteiger partial charge in [0, 0.05) is 30.2 Å². The Morgan fingerprint density at radius 3 is 2.80 bits per heavy atom. The molecule has 102 valence electrons. The molecule has 0 fully saturated rings. The third-order valence-corrected chi connectivity index (χ3v) is 2.67. The van der Waals surface area contributed by atoms with Gasteiger partial charge in [-0.3, -0.25) is 19.9 Å². The molecule has 1 amide bonds. The summed E-state index contributed by atoms with van der Waals surface area (Å²) in [5.74, 6) is -1.57. The van der Waals surface area contributed by atoms with Gasteiger partial charge in [-0.15, -0.1) is 0 Å². The topological polar surface area (TPSA) is 85.1 Å². The largest absolute Gasteiger partial charge is 0.322 e. The van der Waals surface area contributed by atoms with E-state index < -0.39 is 16.6 Å². The number of hydrogen-bond acceptors (Lipinski definition) is 4. The van der Waals surface area contributed by atoms with E-state index in [2.05, 4.69) is 10.3 Å². The number of nitrogens with one attached hydrogen (secondary N) is 1. The van der Waals surface area contributed by atoms with Crippen molar-refractivity contribution in [2.24, 2.45) is 0 Å². The second-order valence-corrected chi connectivity index (χ2v) is 4.07. The van der Waals surface area contributed by atoms with Crippen LogP contribution in [0.3, 0.4) is 0 Å². The monoisotopic (exact) mass is 275 g/mol. The number of nitrogens with zero attached hydrogens (tertiary/aromatic N) is 2. The van der Waals surface area contributed by atoms with Crippen LogP contribution < -0.4 is 5.32 Å². The molecule has 1 aromatic heterocycles. The lowest BCUT2D eigenvalue weighted by atomic mass is 10.1. The molecule has 0 spiro atoms. The standard InChI is InChI=1S/C13H10FN3O3/c1-8-7-15-5-4-12(8)16-13(18)10-6-9(17(19)20)2-3-11(10)14/h2-7H,1H3,(H,15,16,18). The number of aryl methyl sites for hydroxylation is 1. The molecule has 6 nitrogen and oxygen atoms in total. The highest BCUT2D eigenvalue weighted by Gasteiger charge is 2.17. The number of benzene rings is 1. The summed E-state index contributed by atoms with van der Waals surface area (Å²) in [5, 5.41) is 13.1. The summed E-state index contributed by atoms with van der Waals surface area (Å²) in [4.78, 5) is 25.8. The van der Waals surface area contributed by atoms with Crippen LogP contribution in [0.15, 0.2) is 36.7 Å². The third-order valence-electron chi connectivity index (χ3n) is 2.67. The molecule has 20 heavy (non-hydrogen) atoms. The van der Waals surface area contributed by atoms with Gasteiger partial charge in [0.25, 0.3) is 11.6 Å². The summed E-state index contributed by atoms with van der Waals surface area (Å²) < 4.78 is 13.6. The van der Waals surface area contributed by atoms with E-state index in [0.29, 0.717) is 11.3 Å². The molecular weight excluding hydrogens is 265 g/mol. The number of hydrogen-bond donors (Lipinski definition) is 1. The number of halogens is 1. The van der Waals surface area contributed by atoms with Crippen LogP contribution in [0.5, 0.6) is 0 Å². The smallest absolute Gasteiger partial charge is 0.270 e. The normalized spacial score (nSPS) is 10.1. The van der Waals surface area contributed by atoms with Crippen molar-refractivity contribution >= 4 is 17.3 Å². The maximum absolute atomic E-state index is 13.6. The van der Waals surface area contributed by atoms with E-state index in [1.807, 2.05) is 0 Å². The molecule has 0 radical (unpaired) electrons. The molecule has 0 saturated carbocycles. The summed E-state index contributed by atoms with van der Waals surface area (Å²) in [6.07, 6.45) is 3.02. The van der Waals surface area contributed by atoms with Crippen molar-refractivity contribution in [3.05, 3.63) is 63.7 Å². The molecule has 0 aliphatic heterocycles. The molecule has 0 aliphatic carbocycles. The number of pyridine rings is 1. The van der Waals surface area contributed by atoms with Crippen LogP contribution in [-0.2, 0) is 0 Å². The van der Waals surface area contributed by atoms with Crippen molar-refractivity contribution in [1.29, 1.82) is 0 Å². The summed E-state index contributed by atoms with van der Waals surface area (Å²) in [7, 11) is 0. The van der Waals surface area contributed by atoms with Crippen molar-refractivity contribution in [2.45, 2.75) is 6.92 Å². The maximum atomic E-state index is 13.6. The van der Waals surface area contributed by atoms with Crippen LogP contribution in [0, 0.1) is 22.9 Å². The summed E-state index contributed by atoms with van der Waals surface area (Å²) in [6, 6.07) is 4.36. The van der Waals surface area contributed by atoms with Gasteiger partial charge in [0.2, 0.25) is 0 Å². The number of carbonyl (C=O) groups excluding carboxylic acids is 1. The van der Waals surface area contributed by atoms with Gasteiger partial charge in [0.05, 0.1) is 10.5 Å². The van der Waals surface area contributed by atoms with Crippen molar-refractivity contribution in [3.63, 3.8) is 0 Å². The number of nitro groups is 1. The number of non-ortho nitro benzene ring substituents is 1. The summed E-state index contributed by atoms with van der Waals surface area (Å²) in [6.45, 7) is 1.73. The van der Waals surface area contributed by atoms with Crippen LogP contribution >= 0.6 is 0 Å². The van der Waals surface area contributed by atoms with Gasteiger partial charge in [0.15, 0.2) is 0 Å². The molecule has 7 heteroatoms. The fourth-order valence-corrected chi connectivity index (χ4v) is 1.60. The summed E-state index contributed by atoms with van der Waals surface area (Å²) in [5.41, 5.74) is 0.445. The molecule has 1 aromatic carbocycles. The molecule has 0 aliphatic rings. The van der Waals surface area contributed by atoms with E-state index in [1.54, 1.807) is 19.2 Å². The molecule has 2 aromatic rings. The van der Waals surface area contributed by atoms with Crippen molar-refractivity contribution in [1.82, 2.24) is 4.98 Å². The highest BCUT2D eigenvalue weighted by Crippen LogP contribution is 2.19. The van der Waals surface area contributed by atoms with Crippen LogP contribution in [0.2, 0.25) is 0 Å². The molecule has 0 unspecified atom stereocenters. The Morgan fingerprint density at radius 2 is 2.15 bits per heavy atom. The molecule has 1 N–H and O–H groups in total. The van der Waals surface area contributed by atoms with Gasteiger partial charge >= 0.3 is 0 Å². The number of nitro benzene ring substituents is 1. The minimum absolute atomic E-state index is 0.344. The van der Waals surface area contributed by atoms with Gasteiger partial charge in [-0.2, -0.15) is 0 Å². The average Bonchev–Trinajstić information content (AvgIpc) is 2.41. The first-order valence-electron chi connectivity index (χ1n) is 5.65. The SMILES string of the molecule is Cc1cnccc1NC(=O)c1cc([N+](=O)[O-])ccc1F. The van der Waals surface area contributed by atoms with Crippen LogP contribution in [-0.4, -0.2) is 15.8 Å². The van der Waals surface area contributed by atoms with E-state index in [9.17, 15) is 19.3 Å². The van der Waals surface area contributed by atoms with E-state index in [0.717, 1.165) is 18.2 Å². The predicted molar refractivity (Wildman–Crippen MR) is 70.0 cm³/mol. The van der Waals surface area contributed by atoms with Gasteiger partial charge in [0.1, 0.15) is 5.82 Å². The molecule has 2 rings (SSSR count). The van der Waals surface area contributed by atoms with Gasteiger partial charge in [-0.05, 0) is 24.6 Å². The second-order valence-electron chi connectivity index (χ2n) is 4.07. The first-order chi connectivity index (χ1) is 9.49. The molecule has 0 atom stereocenters. The number of aromatic nitrogens is 1. The van der Waals surface area contributed by atoms with Gasteiger partial charge in [-0.1, -0.05) is 0 Å². The van der Waals surface area contributed by atoms with Crippen molar-refractivity contribution in [2.75, 3.05) is 5.32 Å². The highest BCUT2D eigenvalue weighted by atomic mass is 19.1. The number of anilines is 1. The van der Waals surface area contributed by atoms with Crippen LogP contribution in [0.4, 0.5) is 15.8 Å². The highest BCUT2D eigenvalue weighted by molar-refractivity contribution is 6.05. The van der Waals surface area contributed by atoms with E-state index in [1.165, 1.54) is 6.20 Å². The van der Waals surface area contributed by atoms with E-state index in [4.69, 9.17) is 0 Å². The van der Waals surface area contributed by atoms with Crippen molar-refractivity contribution in [3.8, 4) is 0 Å². The molecule has 0 saturated heterocycles. The lowest BCUT2D eigenvalue weighted by Crippen LogP contribution is -2.15. The zero-order valence-electron chi connectivity index (χ0n) is 10.5. The van der Waals surface area contributed by atoms with Gasteiger partial charge < -0.3 is 5.32 Å². The quantitative estimate of drug-likeness (QED) is 0.689. The number of rotatable bonds is 3. The minimum atomic E-state index is -0.820. The molecule has 0 bridgehead atoms. The first kappa shape index (κ1) is 13.6. The second kappa shape index (κ2) is 5.43. The van der Waals surface area contributed by atoms with Crippen LogP contribution in [0.1, 0.15) is 15.9 Å². The first-order valence-corrected chi connectivity index (χ1v) is 5.65. The Bertz CT molecular complexity index is 688. The Balaban J connectivity index is 2.32. The molecular formula is C13H10FN3O3.